The first-order valence-electron chi connectivity index (χ1n) is 6.92. The van der Waals surface area contributed by atoms with Crippen LogP contribution in [0.15, 0.2) is 61.2 Å². The largest absolute Gasteiger partial charge is 0.491 e. The van der Waals surface area contributed by atoms with E-state index < -0.39 is 5.24 Å². The molecule has 0 saturated carbocycles. The van der Waals surface area contributed by atoms with E-state index in [4.69, 9.17) is 21.1 Å². The Morgan fingerprint density at radius 2 is 1.59 bits per heavy atom. The lowest BCUT2D eigenvalue weighted by Gasteiger charge is -2.07. The Morgan fingerprint density at radius 1 is 1.00 bits per heavy atom. The predicted octanol–water partition coefficient (Wildman–Crippen LogP) is 4.31. The van der Waals surface area contributed by atoms with Gasteiger partial charge in [-0.25, -0.2) is 0 Å². The molecule has 0 spiro atoms. The van der Waals surface area contributed by atoms with Crippen molar-refractivity contribution < 1.29 is 14.3 Å². The molecule has 2 aromatic carbocycles. The van der Waals surface area contributed by atoms with Gasteiger partial charge in [-0.1, -0.05) is 30.3 Å². The molecule has 0 aliphatic rings. The van der Waals surface area contributed by atoms with Gasteiger partial charge < -0.3 is 9.47 Å². The number of benzene rings is 2. The highest BCUT2D eigenvalue weighted by Crippen LogP contribution is 2.23. The van der Waals surface area contributed by atoms with Crippen LogP contribution in [-0.2, 0) is 4.74 Å². The normalized spacial score (nSPS) is 10.2. The fourth-order valence-corrected chi connectivity index (χ4v) is 2.05. The molecule has 0 bridgehead atoms. The highest BCUT2D eigenvalue weighted by atomic mass is 35.5. The van der Waals surface area contributed by atoms with Gasteiger partial charge in [-0.3, -0.25) is 4.79 Å². The van der Waals surface area contributed by atoms with Crippen molar-refractivity contribution in [2.24, 2.45) is 0 Å². The van der Waals surface area contributed by atoms with Crippen LogP contribution in [0.4, 0.5) is 0 Å². The molecule has 0 heterocycles. The lowest BCUT2D eigenvalue weighted by atomic mass is 10.0. The summed E-state index contributed by atoms with van der Waals surface area (Å²) in [5.74, 6) is 0.790. The van der Waals surface area contributed by atoms with E-state index in [1.807, 2.05) is 36.4 Å². The fraction of sp³-hybridized carbons (Fsp3) is 0.167. The van der Waals surface area contributed by atoms with E-state index in [2.05, 4.69) is 6.58 Å². The van der Waals surface area contributed by atoms with E-state index in [-0.39, 0.29) is 0 Å². The molecule has 0 amide bonds. The first kappa shape index (κ1) is 16.3. The Kier molecular flexibility index (Phi) is 6.19. The minimum absolute atomic E-state index is 0.450. The maximum Gasteiger partial charge on any atom is 0.252 e. The van der Waals surface area contributed by atoms with E-state index >= 15 is 0 Å². The first-order chi connectivity index (χ1) is 10.7. The monoisotopic (exact) mass is 316 g/mol. The third-order valence-electron chi connectivity index (χ3n) is 3.03. The fourth-order valence-electron chi connectivity index (χ4n) is 1.92. The summed E-state index contributed by atoms with van der Waals surface area (Å²) in [5, 5.41) is -0.450. The third kappa shape index (κ3) is 4.72. The topological polar surface area (TPSA) is 35.5 Å². The number of carbonyl (C=O) groups excluding carboxylic acids is 1. The van der Waals surface area contributed by atoms with Crippen LogP contribution in [0.25, 0.3) is 11.1 Å². The molecular weight excluding hydrogens is 300 g/mol. The summed E-state index contributed by atoms with van der Waals surface area (Å²) >= 11 is 5.43. The maximum atomic E-state index is 11.0. The van der Waals surface area contributed by atoms with Crippen molar-refractivity contribution >= 4 is 16.8 Å². The number of hydrogen-bond acceptors (Lipinski definition) is 3. The number of rotatable bonds is 8. The lowest BCUT2D eigenvalue weighted by molar-refractivity contribution is 0.108. The van der Waals surface area contributed by atoms with Gasteiger partial charge in [0.1, 0.15) is 12.4 Å². The van der Waals surface area contributed by atoms with Crippen LogP contribution in [0.3, 0.4) is 0 Å². The highest BCUT2D eigenvalue weighted by Gasteiger charge is 2.03. The molecule has 0 N–H and O–H groups in total. The van der Waals surface area contributed by atoms with Crippen LogP contribution in [0.1, 0.15) is 10.4 Å². The molecule has 2 rings (SSSR count). The van der Waals surface area contributed by atoms with Crippen molar-refractivity contribution in [3.63, 3.8) is 0 Å². The van der Waals surface area contributed by atoms with Crippen LogP contribution >= 0.6 is 11.6 Å². The van der Waals surface area contributed by atoms with Gasteiger partial charge in [0.15, 0.2) is 0 Å². The summed E-state index contributed by atoms with van der Waals surface area (Å²) in [6.07, 6.45) is 1.71. The summed E-state index contributed by atoms with van der Waals surface area (Å²) in [7, 11) is 0. The van der Waals surface area contributed by atoms with E-state index in [1.165, 1.54) is 0 Å². The zero-order valence-corrected chi connectivity index (χ0v) is 12.9. The van der Waals surface area contributed by atoms with Crippen molar-refractivity contribution in [2.45, 2.75) is 0 Å². The van der Waals surface area contributed by atoms with Gasteiger partial charge in [0.05, 0.1) is 13.2 Å². The Labute approximate surface area is 135 Å². The summed E-state index contributed by atoms with van der Waals surface area (Å²) in [5.41, 5.74) is 2.55. The van der Waals surface area contributed by atoms with Gasteiger partial charge in [-0.15, -0.1) is 6.58 Å². The van der Waals surface area contributed by atoms with E-state index in [9.17, 15) is 4.79 Å². The molecule has 0 aliphatic heterocycles. The number of halogens is 1. The molecule has 114 valence electrons. The minimum Gasteiger partial charge on any atom is -0.491 e. The van der Waals surface area contributed by atoms with E-state index in [0.29, 0.717) is 25.4 Å². The molecule has 3 nitrogen and oxygen atoms in total. The summed E-state index contributed by atoms with van der Waals surface area (Å²) in [4.78, 5) is 11.0. The number of carbonyl (C=O) groups is 1. The smallest absolute Gasteiger partial charge is 0.252 e. The highest BCUT2D eigenvalue weighted by molar-refractivity contribution is 6.67. The quantitative estimate of drug-likeness (QED) is 0.413. The van der Waals surface area contributed by atoms with Crippen LogP contribution in [0.5, 0.6) is 5.75 Å². The lowest BCUT2D eigenvalue weighted by Crippen LogP contribution is -2.06. The zero-order chi connectivity index (χ0) is 15.8. The Morgan fingerprint density at radius 3 is 2.14 bits per heavy atom. The average Bonchev–Trinajstić information content (AvgIpc) is 2.55. The molecule has 2 aromatic rings. The summed E-state index contributed by atoms with van der Waals surface area (Å²) < 4.78 is 10.8. The van der Waals surface area contributed by atoms with Gasteiger partial charge in [-0.2, -0.15) is 0 Å². The van der Waals surface area contributed by atoms with Crippen LogP contribution in [-0.4, -0.2) is 25.1 Å². The standard InChI is InChI=1S/C18H17ClO3/c1-2-11-21-12-13-22-17-9-7-15(8-10-17)14-3-5-16(6-4-14)18(19)20/h2-10H,1,11-13H2. The molecule has 0 aliphatic carbocycles. The van der Waals surface area contributed by atoms with Gasteiger partial charge in [0.2, 0.25) is 0 Å². The SMILES string of the molecule is C=CCOCCOc1ccc(-c2ccc(C(=O)Cl)cc2)cc1. The van der Waals surface area contributed by atoms with Gasteiger partial charge >= 0.3 is 0 Å². The first-order valence-corrected chi connectivity index (χ1v) is 7.30. The van der Waals surface area contributed by atoms with Crippen LogP contribution in [0.2, 0.25) is 0 Å². The number of hydrogen-bond donors (Lipinski definition) is 0. The molecule has 22 heavy (non-hydrogen) atoms. The van der Waals surface area contributed by atoms with Crippen molar-refractivity contribution in [1.29, 1.82) is 0 Å². The number of ether oxygens (including phenoxy) is 2. The Bertz CT molecular complexity index is 618. The van der Waals surface area contributed by atoms with E-state index in [1.54, 1.807) is 18.2 Å². The molecule has 0 fully saturated rings. The van der Waals surface area contributed by atoms with Gasteiger partial charge in [0.25, 0.3) is 5.24 Å². The second-order valence-electron chi connectivity index (χ2n) is 4.59. The molecule has 4 heteroatoms. The Balaban J connectivity index is 1.93. The maximum absolute atomic E-state index is 11.0. The van der Waals surface area contributed by atoms with E-state index in [0.717, 1.165) is 16.9 Å². The van der Waals surface area contributed by atoms with Crippen LogP contribution < -0.4 is 4.74 Å². The molecular formula is C18H17ClO3. The second-order valence-corrected chi connectivity index (χ2v) is 4.93. The predicted molar refractivity (Wildman–Crippen MR) is 88.6 cm³/mol. The van der Waals surface area contributed by atoms with Gasteiger partial charge in [-0.05, 0) is 47.0 Å². The van der Waals surface area contributed by atoms with Gasteiger partial charge in [0, 0.05) is 5.56 Å². The average molecular weight is 317 g/mol. The second kappa shape index (κ2) is 8.37. The minimum atomic E-state index is -0.450. The molecule has 0 aromatic heterocycles. The summed E-state index contributed by atoms with van der Waals surface area (Å²) in [6, 6.07) is 14.9. The Hall–Kier alpha value is -2.10. The molecule has 0 radical (unpaired) electrons. The summed E-state index contributed by atoms with van der Waals surface area (Å²) in [6.45, 7) is 5.14. The van der Waals surface area contributed by atoms with Crippen molar-refractivity contribution in [2.75, 3.05) is 19.8 Å². The zero-order valence-electron chi connectivity index (χ0n) is 12.1. The molecule has 0 atom stereocenters. The van der Waals surface area contributed by atoms with Crippen molar-refractivity contribution in [1.82, 2.24) is 0 Å². The molecule has 0 unspecified atom stereocenters. The van der Waals surface area contributed by atoms with Crippen molar-refractivity contribution in [3.05, 3.63) is 66.7 Å². The molecule has 0 saturated heterocycles. The third-order valence-corrected chi connectivity index (χ3v) is 3.25. The van der Waals surface area contributed by atoms with Crippen molar-refractivity contribution in [3.8, 4) is 16.9 Å². The van der Waals surface area contributed by atoms with Crippen LogP contribution in [0, 0.1) is 0 Å².